The molecule has 1 aliphatic rings. The molecule has 0 spiro atoms. The lowest BCUT2D eigenvalue weighted by molar-refractivity contribution is -0.159. The van der Waals surface area contributed by atoms with Crippen LogP contribution in [-0.2, 0) is 9.53 Å². The standard InChI is InChI=1S/C8H15NO3/c1-8(2)5-9(3)6(4-12-8)7(10)11/h6H,4-5H2,1-3H3,(H,10,11)/t6-/m0/s1. The van der Waals surface area contributed by atoms with Gasteiger partial charge in [-0.1, -0.05) is 0 Å². The molecule has 1 fully saturated rings. The van der Waals surface area contributed by atoms with E-state index >= 15 is 0 Å². The Morgan fingerprint density at radius 2 is 2.25 bits per heavy atom. The van der Waals surface area contributed by atoms with Crippen molar-refractivity contribution < 1.29 is 14.6 Å². The van der Waals surface area contributed by atoms with Gasteiger partial charge in [-0.2, -0.15) is 0 Å². The summed E-state index contributed by atoms with van der Waals surface area (Å²) < 4.78 is 5.39. The summed E-state index contributed by atoms with van der Waals surface area (Å²) in [5, 5.41) is 8.76. The fourth-order valence-electron chi connectivity index (χ4n) is 1.45. The topological polar surface area (TPSA) is 49.8 Å². The Labute approximate surface area is 72.1 Å². The molecule has 0 aliphatic carbocycles. The summed E-state index contributed by atoms with van der Waals surface area (Å²) in [6.45, 7) is 4.85. The molecule has 0 radical (unpaired) electrons. The Morgan fingerprint density at radius 1 is 1.67 bits per heavy atom. The molecule has 1 atom stereocenters. The first-order valence-electron chi connectivity index (χ1n) is 3.99. The number of carbonyl (C=O) groups is 1. The smallest absolute Gasteiger partial charge is 0.323 e. The SMILES string of the molecule is CN1CC(C)(C)OC[C@H]1C(=O)O. The van der Waals surface area contributed by atoms with E-state index in [1.807, 2.05) is 25.8 Å². The van der Waals surface area contributed by atoms with Gasteiger partial charge < -0.3 is 9.84 Å². The van der Waals surface area contributed by atoms with Crippen LogP contribution >= 0.6 is 0 Å². The van der Waals surface area contributed by atoms with Gasteiger partial charge in [0.2, 0.25) is 0 Å². The van der Waals surface area contributed by atoms with Crippen molar-refractivity contribution in [3.63, 3.8) is 0 Å². The van der Waals surface area contributed by atoms with Crippen molar-refractivity contribution in [2.24, 2.45) is 0 Å². The fraction of sp³-hybridized carbons (Fsp3) is 0.875. The van der Waals surface area contributed by atoms with Gasteiger partial charge >= 0.3 is 5.97 Å². The molecular formula is C8H15NO3. The maximum absolute atomic E-state index is 10.7. The number of carboxylic acid groups (broad SMARTS) is 1. The second-order valence-electron chi connectivity index (χ2n) is 3.84. The van der Waals surface area contributed by atoms with E-state index in [4.69, 9.17) is 9.84 Å². The van der Waals surface area contributed by atoms with E-state index in [2.05, 4.69) is 0 Å². The second-order valence-corrected chi connectivity index (χ2v) is 3.84. The van der Waals surface area contributed by atoms with Crippen LogP contribution in [0.1, 0.15) is 13.8 Å². The maximum atomic E-state index is 10.7. The third-order valence-electron chi connectivity index (χ3n) is 2.08. The Bertz CT molecular complexity index is 191. The van der Waals surface area contributed by atoms with Crippen LogP contribution in [-0.4, -0.2) is 47.8 Å². The third kappa shape index (κ3) is 1.95. The molecule has 1 rings (SSSR count). The number of rotatable bonds is 1. The van der Waals surface area contributed by atoms with Crippen LogP contribution in [0.25, 0.3) is 0 Å². The van der Waals surface area contributed by atoms with Crippen molar-refractivity contribution in [1.82, 2.24) is 4.90 Å². The van der Waals surface area contributed by atoms with E-state index in [1.54, 1.807) is 0 Å². The molecule has 1 N–H and O–H groups in total. The van der Waals surface area contributed by atoms with Gasteiger partial charge in [-0.05, 0) is 20.9 Å². The summed E-state index contributed by atoms with van der Waals surface area (Å²) in [6.07, 6.45) is 0. The molecule has 0 aromatic carbocycles. The molecular weight excluding hydrogens is 158 g/mol. The van der Waals surface area contributed by atoms with E-state index in [0.717, 1.165) is 0 Å². The van der Waals surface area contributed by atoms with Gasteiger partial charge in [0, 0.05) is 6.54 Å². The van der Waals surface area contributed by atoms with Gasteiger partial charge in [0.05, 0.1) is 12.2 Å². The summed E-state index contributed by atoms with van der Waals surface area (Å²) in [6, 6.07) is -0.488. The minimum atomic E-state index is -0.812. The van der Waals surface area contributed by atoms with E-state index in [0.29, 0.717) is 6.54 Å². The van der Waals surface area contributed by atoms with Crippen LogP contribution in [0.3, 0.4) is 0 Å². The molecule has 0 bridgehead atoms. The first-order valence-corrected chi connectivity index (χ1v) is 3.99. The van der Waals surface area contributed by atoms with Crippen molar-refractivity contribution in [3.8, 4) is 0 Å². The zero-order valence-electron chi connectivity index (χ0n) is 7.70. The number of morpholine rings is 1. The number of carboxylic acids is 1. The molecule has 0 saturated carbocycles. The number of likely N-dealkylation sites (N-methyl/N-ethyl adjacent to an activating group) is 1. The maximum Gasteiger partial charge on any atom is 0.323 e. The molecule has 4 heteroatoms. The predicted octanol–water partition coefficient (Wildman–Crippen LogP) is 0.180. The quantitative estimate of drug-likeness (QED) is 0.614. The van der Waals surface area contributed by atoms with Crippen LogP contribution in [0, 0.1) is 0 Å². The Hall–Kier alpha value is -0.610. The fourth-order valence-corrected chi connectivity index (χ4v) is 1.45. The van der Waals surface area contributed by atoms with Crippen molar-refractivity contribution in [1.29, 1.82) is 0 Å². The Morgan fingerprint density at radius 3 is 2.67 bits per heavy atom. The lowest BCUT2D eigenvalue weighted by Gasteiger charge is -2.39. The molecule has 1 aliphatic heterocycles. The first-order chi connectivity index (χ1) is 5.42. The number of nitrogens with zero attached hydrogens (tertiary/aromatic N) is 1. The lowest BCUT2D eigenvalue weighted by atomic mass is 10.1. The van der Waals surface area contributed by atoms with Crippen LogP contribution < -0.4 is 0 Å². The molecule has 70 valence electrons. The van der Waals surface area contributed by atoms with E-state index in [1.165, 1.54) is 0 Å². The van der Waals surface area contributed by atoms with Crippen LogP contribution in [0.15, 0.2) is 0 Å². The van der Waals surface area contributed by atoms with Crippen molar-refractivity contribution in [2.45, 2.75) is 25.5 Å². The summed E-state index contributed by atoms with van der Waals surface area (Å²) in [5.74, 6) is -0.812. The Kier molecular flexibility index (Phi) is 2.39. The van der Waals surface area contributed by atoms with Crippen molar-refractivity contribution in [3.05, 3.63) is 0 Å². The van der Waals surface area contributed by atoms with Gasteiger partial charge in [0.25, 0.3) is 0 Å². The zero-order chi connectivity index (χ0) is 9.35. The zero-order valence-corrected chi connectivity index (χ0v) is 7.70. The molecule has 1 saturated heterocycles. The summed E-state index contributed by atoms with van der Waals surface area (Å²) >= 11 is 0. The highest BCUT2D eigenvalue weighted by Crippen LogP contribution is 2.18. The van der Waals surface area contributed by atoms with Crippen LogP contribution in [0.4, 0.5) is 0 Å². The highest BCUT2D eigenvalue weighted by molar-refractivity contribution is 5.73. The van der Waals surface area contributed by atoms with E-state index < -0.39 is 12.0 Å². The van der Waals surface area contributed by atoms with E-state index in [-0.39, 0.29) is 12.2 Å². The third-order valence-corrected chi connectivity index (χ3v) is 2.08. The van der Waals surface area contributed by atoms with Gasteiger partial charge in [-0.3, -0.25) is 9.69 Å². The van der Waals surface area contributed by atoms with Crippen LogP contribution in [0.2, 0.25) is 0 Å². The average molecular weight is 173 g/mol. The van der Waals surface area contributed by atoms with Gasteiger partial charge in [0.1, 0.15) is 6.04 Å². The van der Waals surface area contributed by atoms with Gasteiger partial charge in [0.15, 0.2) is 0 Å². The summed E-state index contributed by atoms with van der Waals surface area (Å²) in [5.41, 5.74) is -0.222. The molecule has 4 nitrogen and oxygen atoms in total. The molecule has 0 amide bonds. The number of ether oxygens (including phenoxy) is 1. The van der Waals surface area contributed by atoms with Crippen LogP contribution in [0.5, 0.6) is 0 Å². The van der Waals surface area contributed by atoms with Crippen molar-refractivity contribution in [2.75, 3.05) is 20.2 Å². The normalized spacial score (nSPS) is 30.1. The predicted molar refractivity (Wildman–Crippen MR) is 44.1 cm³/mol. The minimum Gasteiger partial charge on any atom is -0.480 e. The molecule has 0 unspecified atom stereocenters. The summed E-state index contributed by atoms with van der Waals surface area (Å²) in [4.78, 5) is 12.5. The van der Waals surface area contributed by atoms with Crippen molar-refractivity contribution >= 4 is 5.97 Å². The molecule has 1 heterocycles. The minimum absolute atomic E-state index is 0.222. The highest BCUT2D eigenvalue weighted by atomic mass is 16.5. The Balaban J connectivity index is 2.60. The van der Waals surface area contributed by atoms with E-state index in [9.17, 15) is 4.79 Å². The lowest BCUT2D eigenvalue weighted by Crippen LogP contribution is -2.55. The highest BCUT2D eigenvalue weighted by Gasteiger charge is 2.35. The first kappa shape index (κ1) is 9.48. The monoisotopic (exact) mass is 173 g/mol. The second kappa shape index (κ2) is 3.03. The average Bonchev–Trinajstić information content (AvgIpc) is 1.83. The largest absolute Gasteiger partial charge is 0.480 e. The van der Waals surface area contributed by atoms with Gasteiger partial charge in [-0.25, -0.2) is 0 Å². The molecule has 0 aromatic rings. The number of hydrogen-bond acceptors (Lipinski definition) is 3. The molecule has 12 heavy (non-hydrogen) atoms. The molecule has 0 aromatic heterocycles. The number of aliphatic carboxylic acids is 1. The van der Waals surface area contributed by atoms with Gasteiger partial charge in [-0.15, -0.1) is 0 Å². The summed E-state index contributed by atoms with van der Waals surface area (Å²) in [7, 11) is 1.81. The number of hydrogen-bond donors (Lipinski definition) is 1.